The van der Waals surface area contributed by atoms with Crippen LogP contribution in [-0.4, -0.2) is 33.6 Å². The molecule has 0 aromatic carbocycles. The topological polar surface area (TPSA) is 77.7 Å². The fourth-order valence-electron chi connectivity index (χ4n) is 2.17. The molecule has 0 amide bonds. The van der Waals surface area contributed by atoms with Crippen LogP contribution in [0.15, 0.2) is 58.3 Å². The van der Waals surface area contributed by atoms with Crippen molar-refractivity contribution in [2.75, 3.05) is 11.9 Å². The lowest BCUT2D eigenvalue weighted by molar-refractivity contribution is 0.302. The molecule has 3 N–H and O–H groups in total. The van der Waals surface area contributed by atoms with Crippen molar-refractivity contribution in [3.8, 4) is 0 Å². The summed E-state index contributed by atoms with van der Waals surface area (Å²) in [6, 6.07) is 0.316. The zero-order valence-corrected chi connectivity index (χ0v) is 14.8. The molecule has 24 heavy (non-hydrogen) atoms. The Bertz CT molecular complexity index is 712. The Hall–Kier alpha value is -2.18. The number of aliphatic hydroxyl groups excluding tert-OH is 2. The number of allylic oxidation sites excluding steroid dienone is 3. The van der Waals surface area contributed by atoms with Crippen LogP contribution in [0.3, 0.4) is 0 Å². The lowest BCUT2D eigenvalue weighted by Crippen LogP contribution is -2.09. The van der Waals surface area contributed by atoms with Crippen LogP contribution in [-0.2, 0) is 0 Å². The largest absolute Gasteiger partial charge is 0.508 e. The first-order valence-corrected chi connectivity index (χ1v) is 8.76. The maximum Gasteiger partial charge on any atom is 0.183 e. The Balaban J connectivity index is 2.35. The van der Waals surface area contributed by atoms with Crippen molar-refractivity contribution < 1.29 is 10.2 Å². The van der Waals surface area contributed by atoms with Crippen LogP contribution in [0.25, 0.3) is 0 Å². The van der Waals surface area contributed by atoms with E-state index < -0.39 is 0 Å². The third kappa shape index (κ3) is 4.66. The summed E-state index contributed by atoms with van der Waals surface area (Å²) < 4.78 is 0. The minimum atomic E-state index is 0.0661. The van der Waals surface area contributed by atoms with Gasteiger partial charge in [-0.25, -0.2) is 4.98 Å². The minimum absolute atomic E-state index is 0.0661. The third-order valence-electron chi connectivity index (χ3n) is 3.28. The molecule has 6 heteroatoms. The van der Waals surface area contributed by atoms with Crippen molar-refractivity contribution in [1.29, 1.82) is 0 Å². The quantitative estimate of drug-likeness (QED) is 0.698. The van der Waals surface area contributed by atoms with Crippen LogP contribution in [0, 0.1) is 0 Å². The number of nitrogens with zero attached hydrogens (tertiary/aromatic N) is 2. The number of rotatable bonds is 7. The van der Waals surface area contributed by atoms with Crippen LogP contribution >= 0.6 is 11.3 Å². The van der Waals surface area contributed by atoms with Gasteiger partial charge in [0.15, 0.2) is 5.13 Å². The molecule has 0 atom stereocenters. The van der Waals surface area contributed by atoms with E-state index in [0.29, 0.717) is 30.2 Å². The average Bonchev–Trinajstić information content (AvgIpc) is 2.93. The zero-order chi connectivity index (χ0) is 17.5. The number of aliphatic hydroxyl groups is 2. The SMILES string of the molecule is C=CC1=C(/C=C\CCO)C(O)=CCC(c2csc(NC(C)C)n2)=N1. The van der Waals surface area contributed by atoms with Gasteiger partial charge in [0.2, 0.25) is 0 Å². The van der Waals surface area contributed by atoms with E-state index in [-0.39, 0.29) is 12.4 Å². The molecule has 1 aromatic rings. The summed E-state index contributed by atoms with van der Waals surface area (Å²) in [5.41, 5.74) is 2.78. The highest BCUT2D eigenvalue weighted by molar-refractivity contribution is 7.13. The number of anilines is 1. The first kappa shape index (κ1) is 18.2. The van der Waals surface area contributed by atoms with Crippen LogP contribution in [0.2, 0.25) is 0 Å². The van der Waals surface area contributed by atoms with Gasteiger partial charge in [-0.3, -0.25) is 4.99 Å². The summed E-state index contributed by atoms with van der Waals surface area (Å²) in [6.45, 7) is 7.99. The van der Waals surface area contributed by atoms with Gasteiger partial charge in [-0.1, -0.05) is 18.7 Å². The molecular weight excluding hydrogens is 322 g/mol. The molecule has 1 aliphatic rings. The molecule has 0 bridgehead atoms. The van der Waals surface area contributed by atoms with E-state index >= 15 is 0 Å². The minimum Gasteiger partial charge on any atom is -0.508 e. The molecule has 2 rings (SSSR count). The zero-order valence-electron chi connectivity index (χ0n) is 14.0. The van der Waals surface area contributed by atoms with Crippen molar-refractivity contribution in [3.63, 3.8) is 0 Å². The van der Waals surface area contributed by atoms with Crippen LogP contribution in [0.4, 0.5) is 5.13 Å². The Morgan fingerprint density at radius 2 is 2.25 bits per heavy atom. The highest BCUT2D eigenvalue weighted by Gasteiger charge is 2.15. The van der Waals surface area contributed by atoms with E-state index in [1.165, 1.54) is 11.3 Å². The van der Waals surface area contributed by atoms with Crippen LogP contribution in [0.5, 0.6) is 0 Å². The second-order valence-corrected chi connectivity index (χ2v) is 6.46. The van der Waals surface area contributed by atoms with Crippen molar-refractivity contribution in [1.82, 2.24) is 4.98 Å². The summed E-state index contributed by atoms with van der Waals surface area (Å²) in [6.07, 6.45) is 7.92. The Morgan fingerprint density at radius 1 is 1.46 bits per heavy atom. The van der Waals surface area contributed by atoms with Crippen LogP contribution < -0.4 is 5.32 Å². The van der Waals surface area contributed by atoms with Gasteiger partial charge in [0.25, 0.3) is 0 Å². The molecule has 0 unspecified atom stereocenters. The smallest absolute Gasteiger partial charge is 0.183 e. The van der Waals surface area contributed by atoms with E-state index in [1.807, 2.05) is 5.38 Å². The van der Waals surface area contributed by atoms with Gasteiger partial charge in [-0.05, 0) is 32.4 Å². The summed E-state index contributed by atoms with van der Waals surface area (Å²) in [5.74, 6) is 0.161. The molecule has 0 radical (unpaired) electrons. The Morgan fingerprint density at radius 3 is 2.92 bits per heavy atom. The predicted octanol–water partition coefficient (Wildman–Crippen LogP) is 3.98. The first-order chi connectivity index (χ1) is 11.5. The van der Waals surface area contributed by atoms with Gasteiger partial charge >= 0.3 is 0 Å². The van der Waals surface area contributed by atoms with Gasteiger partial charge < -0.3 is 15.5 Å². The Kier molecular flexibility index (Phi) is 6.52. The summed E-state index contributed by atoms with van der Waals surface area (Å²) in [5, 5.41) is 25.3. The van der Waals surface area contributed by atoms with Crippen LogP contribution in [0.1, 0.15) is 32.4 Å². The fourth-order valence-corrected chi connectivity index (χ4v) is 3.04. The molecule has 0 aliphatic carbocycles. The molecule has 0 saturated carbocycles. The summed E-state index contributed by atoms with van der Waals surface area (Å²) >= 11 is 1.54. The maximum absolute atomic E-state index is 10.3. The molecule has 1 aromatic heterocycles. The monoisotopic (exact) mass is 345 g/mol. The Labute approximate surface area is 146 Å². The van der Waals surface area contributed by atoms with E-state index in [1.54, 1.807) is 24.3 Å². The van der Waals surface area contributed by atoms with E-state index in [4.69, 9.17) is 5.11 Å². The number of thiazole rings is 1. The van der Waals surface area contributed by atoms with E-state index in [9.17, 15) is 5.11 Å². The van der Waals surface area contributed by atoms with E-state index in [0.717, 1.165) is 16.5 Å². The third-order valence-corrected chi connectivity index (χ3v) is 4.06. The lowest BCUT2D eigenvalue weighted by Gasteiger charge is -2.05. The average molecular weight is 345 g/mol. The van der Waals surface area contributed by atoms with Crippen molar-refractivity contribution in [3.05, 3.63) is 59.0 Å². The number of hydrogen-bond donors (Lipinski definition) is 3. The lowest BCUT2D eigenvalue weighted by atomic mass is 10.1. The number of aromatic nitrogens is 1. The van der Waals surface area contributed by atoms with E-state index in [2.05, 4.69) is 35.7 Å². The first-order valence-electron chi connectivity index (χ1n) is 7.88. The standard InChI is InChI=1S/C18H23N3O2S/c1-4-14-13(7-5-6-10-22)17(23)9-8-15(20-14)16-11-24-18(21-16)19-12(2)3/h4-5,7,9,11-12,22-23H,1,6,8,10H2,2-3H3,(H,19,21)/b7-5-. The second-order valence-electron chi connectivity index (χ2n) is 5.61. The van der Waals surface area contributed by atoms with Gasteiger partial charge in [-0.2, -0.15) is 0 Å². The number of nitrogens with one attached hydrogen (secondary N) is 1. The molecule has 0 spiro atoms. The second kappa shape index (κ2) is 8.61. The van der Waals surface area contributed by atoms with Crippen molar-refractivity contribution in [2.45, 2.75) is 32.7 Å². The molecular formula is C18H23N3O2S. The highest BCUT2D eigenvalue weighted by atomic mass is 32.1. The number of hydrogen-bond acceptors (Lipinski definition) is 6. The van der Waals surface area contributed by atoms with Crippen molar-refractivity contribution in [2.24, 2.45) is 4.99 Å². The molecule has 128 valence electrons. The van der Waals surface area contributed by atoms with Gasteiger partial charge in [-0.15, -0.1) is 11.3 Å². The highest BCUT2D eigenvalue weighted by Crippen LogP contribution is 2.25. The molecule has 2 heterocycles. The molecule has 0 fully saturated rings. The van der Waals surface area contributed by atoms with Gasteiger partial charge in [0, 0.05) is 30.0 Å². The molecule has 5 nitrogen and oxygen atoms in total. The summed E-state index contributed by atoms with van der Waals surface area (Å²) in [4.78, 5) is 9.20. The molecule has 0 saturated heterocycles. The van der Waals surface area contributed by atoms with Gasteiger partial charge in [0.1, 0.15) is 5.76 Å². The fraction of sp³-hybridized carbons (Fsp3) is 0.333. The van der Waals surface area contributed by atoms with Crippen molar-refractivity contribution >= 4 is 22.2 Å². The number of aliphatic imine (C=N–C) groups is 1. The predicted molar refractivity (Wildman–Crippen MR) is 101 cm³/mol. The maximum atomic E-state index is 10.3. The summed E-state index contributed by atoms with van der Waals surface area (Å²) in [7, 11) is 0. The van der Waals surface area contributed by atoms with Gasteiger partial charge in [0.05, 0.1) is 17.1 Å². The normalized spacial score (nSPS) is 15.5. The molecule has 1 aliphatic heterocycles.